The molecule has 70 valence electrons. The van der Waals surface area contributed by atoms with Gasteiger partial charge in [0.1, 0.15) is 5.75 Å². The van der Waals surface area contributed by atoms with Gasteiger partial charge in [-0.1, -0.05) is 17.7 Å². The molecular weight excluding hydrogens is 186 g/mol. The fourth-order valence-electron chi connectivity index (χ4n) is 1.50. The lowest BCUT2D eigenvalue weighted by atomic mass is 10.0. The zero-order valence-electron chi connectivity index (χ0n) is 7.20. The standard InChI is InChI=1S/C10H12ClNO/c11-9-5-7(13)3-4-8(9)10(12)6-1-2-6/h3-6,10,13H,1-2,12H2/t10-/m1/s1. The van der Waals surface area contributed by atoms with Crippen LogP contribution in [0.4, 0.5) is 0 Å². The number of benzene rings is 1. The van der Waals surface area contributed by atoms with Crippen LogP contribution in [0.1, 0.15) is 24.4 Å². The largest absolute Gasteiger partial charge is 0.508 e. The van der Waals surface area contributed by atoms with E-state index in [0.717, 1.165) is 5.56 Å². The van der Waals surface area contributed by atoms with E-state index in [2.05, 4.69) is 0 Å². The van der Waals surface area contributed by atoms with Crippen molar-refractivity contribution in [1.29, 1.82) is 0 Å². The maximum absolute atomic E-state index is 9.15. The van der Waals surface area contributed by atoms with E-state index in [4.69, 9.17) is 22.4 Å². The number of rotatable bonds is 2. The first-order valence-corrected chi connectivity index (χ1v) is 4.80. The third-order valence-electron chi connectivity index (χ3n) is 2.47. The summed E-state index contributed by atoms with van der Waals surface area (Å²) in [6, 6.07) is 5.01. The van der Waals surface area contributed by atoms with Crippen LogP contribution < -0.4 is 5.73 Å². The van der Waals surface area contributed by atoms with Gasteiger partial charge in [-0.25, -0.2) is 0 Å². The lowest BCUT2D eigenvalue weighted by Gasteiger charge is -2.12. The highest BCUT2D eigenvalue weighted by Gasteiger charge is 2.30. The molecule has 1 fully saturated rings. The highest BCUT2D eigenvalue weighted by molar-refractivity contribution is 6.31. The minimum atomic E-state index is 0.0353. The smallest absolute Gasteiger partial charge is 0.117 e. The highest BCUT2D eigenvalue weighted by Crippen LogP contribution is 2.41. The second-order valence-electron chi connectivity index (χ2n) is 3.57. The molecule has 1 aliphatic carbocycles. The Hall–Kier alpha value is -0.730. The highest BCUT2D eigenvalue weighted by atomic mass is 35.5. The van der Waals surface area contributed by atoms with Crippen LogP contribution in [-0.2, 0) is 0 Å². The summed E-state index contributed by atoms with van der Waals surface area (Å²) in [6.07, 6.45) is 2.39. The van der Waals surface area contributed by atoms with Crippen molar-refractivity contribution >= 4 is 11.6 Å². The Morgan fingerprint density at radius 1 is 1.46 bits per heavy atom. The van der Waals surface area contributed by atoms with Crippen molar-refractivity contribution in [3.8, 4) is 5.75 Å². The summed E-state index contributed by atoms with van der Waals surface area (Å²) < 4.78 is 0. The Morgan fingerprint density at radius 2 is 2.15 bits per heavy atom. The van der Waals surface area contributed by atoms with Gasteiger partial charge >= 0.3 is 0 Å². The van der Waals surface area contributed by atoms with Gasteiger partial charge in [0.2, 0.25) is 0 Å². The number of halogens is 1. The van der Waals surface area contributed by atoms with E-state index in [1.54, 1.807) is 18.2 Å². The molecule has 0 heterocycles. The molecule has 1 aromatic carbocycles. The van der Waals surface area contributed by atoms with Crippen molar-refractivity contribution in [2.45, 2.75) is 18.9 Å². The van der Waals surface area contributed by atoms with Crippen LogP contribution >= 0.6 is 11.6 Å². The first-order chi connectivity index (χ1) is 6.18. The van der Waals surface area contributed by atoms with Gasteiger partial charge in [-0.05, 0) is 36.5 Å². The third kappa shape index (κ3) is 1.79. The number of aromatic hydroxyl groups is 1. The average Bonchev–Trinajstić information content (AvgIpc) is 2.85. The SMILES string of the molecule is N[C@@H](c1ccc(O)cc1Cl)C1CC1. The molecule has 0 radical (unpaired) electrons. The van der Waals surface area contributed by atoms with Crippen molar-refractivity contribution in [1.82, 2.24) is 0 Å². The zero-order valence-corrected chi connectivity index (χ0v) is 7.96. The van der Waals surface area contributed by atoms with E-state index in [1.165, 1.54) is 12.8 Å². The van der Waals surface area contributed by atoms with Crippen molar-refractivity contribution in [3.63, 3.8) is 0 Å². The summed E-state index contributed by atoms with van der Waals surface area (Å²) in [4.78, 5) is 0. The van der Waals surface area contributed by atoms with Crippen LogP contribution in [0.15, 0.2) is 18.2 Å². The molecule has 2 rings (SSSR count). The number of hydrogen-bond donors (Lipinski definition) is 2. The Morgan fingerprint density at radius 3 is 2.69 bits per heavy atom. The van der Waals surface area contributed by atoms with Gasteiger partial charge in [-0.2, -0.15) is 0 Å². The van der Waals surface area contributed by atoms with Crippen molar-refractivity contribution in [2.24, 2.45) is 11.7 Å². The zero-order chi connectivity index (χ0) is 9.42. The molecule has 0 spiro atoms. The van der Waals surface area contributed by atoms with Crippen LogP contribution in [0.5, 0.6) is 5.75 Å². The molecular formula is C10H12ClNO. The number of nitrogens with two attached hydrogens (primary N) is 1. The van der Waals surface area contributed by atoms with Gasteiger partial charge in [0.15, 0.2) is 0 Å². The molecule has 1 saturated carbocycles. The number of phenolic OH excluding ortho intramolecular Hbond substituents is 1. The molecule has 0 aliphatic heterocycles. The molecule has 3 N–H and O–H groups in total. The van der Waals surface area contributed by atoms with Crippen LogP contribution in [0, 0.1) is 5.92 Å². The van der Waals surface area contributed by atoms with Crippen molar-refractivity contribution < 1.29 is 5.11 Å². The van der Waals surface area contributed by atoms with E-state index in [1.807, 2.05) is 0 Å². The summed E-state index contributed by atoms with van der Waals surface area (Å²) in [5.74, 6) is 0.777. The summed E-state index contributed by atoms with van der Waals surface area (Å²) in [6.45, 7) is 0. The maximum Gasteiger partial charge on any atom is 0.117 e. The summed E-state index contributed by atoms with van der Waals surface area (Å²) in [5.41, 5.74) is 6.93. The lowest BCUT2D eigenvalue weighted by molar-refractivity contribution is 0.474. The lowest BCUT2D eigenvalue weighted by Crippen LogP contribution is -2.12. The predicted octanol–water partition coefficient (Wildman–Crippen LogP) is 2.46. The van der Waals surface area contributed by atoms with Crippen LogP contribution in [0.2, 0.25) is 5.02 Å². The predicted molar refractivity (Wildman–Crippen MR) is 52.8 cm³/mol. The first-order valence-electron chi connectivity index (χ1n) is 4.42. The van der Waals surface area contributed by atoms with Crippen LogP contribution in [-0.4, -0.2) is 5.11 Å². The van der Waals surface area contributed by atoms with Gasteiger partial charge in [0, 0.05) is 11.1 Å². The quantitative estimate of drug-likeness (QED) is 0.765. The van der Waals surface area contributed by atoms with Gasteiger partial charge in [0.25, 0.3) is 0 Å². The molecule has 1 aliphatic rings. The van der Waals surface area contributed by atoms with E-state index in [-0.39, 0.29) is 11.8 Å². The minimum absolute atomic E-state index is 0.0353. The Kier molecular flexibility index (Phi) is 2.18. The minimum Gasteiger partial charge on any atom is -0.508 e. The molecule has 0 amide bonds. The summed E-state index contributed by atoms with van der Waals surface area (Å²) in [7, 11) is 0. The molecule has 0 bridgehead atoms. The average molecular weight is 198 g/mol. The molecule has 0 saturated heterocycles. The van der Waals surface area contributed by atoms with Gasteiger partial charge in [-0.3, -0.25) is 0 Å². The van der Waals surface area contributed by atoms with Crippen LogP contribution in [0.25, 0.3) is 0 Å². The van der Waals surface area contributed by atoms with E-state index in [9.17, 15) is 0 Å². The topological polar surface area (TPSA) is 46.2 Å². The van der Waals surface area contributed by atoms with E-state index >= 15 is 0 Å². The molecule has 13 heavy (non-hydrogen) atoms. The van der Waals surface area contributed by atoms with Crippen molar-refractivity contribution in [2.75, 3.05) is 0 Å². The number of hydrogen-bond acceptors (Lipinski definition) is 2. The van der Waals surface area contributed by atoms with Crippen LogP contribution in [0.3, 0.4) is 0 Å². The van der Waals surface area contributed by atoms with E-state index < -0.39 is 0 Å². The third-order valence-corrected chi connectivity index (χ3v) is 2.80. The van der Waals surface area contributed by atoms with E-state index in [0.29, 0.717) is 10.9 Å². The summed E-state index contributed by atoms with van der Waals surface area (Å²) in [5, 5.41) is 9.72. The molecule has 1 aromatic rings. The molecule has 0 aromatic heterocycles. The molecule has 3 heteroatoms. The molecule has 0 unspecified atom stereocenters. The second kappa shape index (κ2) is 3.20. The Balaban J connectivity index is 2.28. The van der Waals surface area contributed by atoms with Crippen molar-refractivity contribution in [3.05, 3.63) is 28.8 Å². The Labute approximate surface area is 82.3 Å². The molecule has 1 atom stereocenters. The fraction of sp³-hybridized carbons (Fsp3) is 0.400. The van der Waals surface area contributed by atoms with Gasteiger partial charge in [0.05, 0.1) is 0 Å². The maximum atomic E-state index is 9.15. The number of phenols is 1. The van der Waals surface area contributed by atoms with Gasteiger partial charge in [-0.15, -0.1) is 0 Å². The van der Waals surface area contributed by atoms with Gasteiger partial charge < -0.3 is 10.8 Å². The summed E-state index contributed by atoms with van der Waals surface area (Å²) >= 11 is 5.96. The first kappa shape index (κ1) is 8.85. The normalized spacial score (nSPS) is 18.6. The molecule has 2 nitrogen and oxygen atoms in total. The second-order valence-corrected chi connectivity index (χ2v) is 3.98. The fourth-order valence-corrected chi connectivity index (χ4v) is 1.80. The Bertz CT molecular complexity index is 323. The monoisotopic (exact) mass is 197 g/mol.